The molecule has 3 heterocycles. The number of thioether (sulfide) groups is 1. The van der Waals surface area contributed by atoms with E-state index in [1.165, 1.54) is 74.0 Å². The fourth-order valence-corrected chi connectivity index (χ4v) is 13.4. The van der Waals surface area contributed by atoms with Crippen molar-refractivity contribution in [3.8, 4) is 12.3 Å². The minimum Gasteiger partial charge on any atom is -0.379 e. The lowest BCUT2D eigenvalue weighted by Gasteiger charge is -2.53. The largest absolute Gasteiger partial charge is 0.379 e. The molecule has 71 heavy (non-hydrogen) atoms. The molecule has 2 saturated heterocycles. The first-order chi connectivity index (χ1) is 34.7. The molecule has 16 nitrogen and oxygen atoms in total. The van der Waals surface area contributed by atoms with Crippen molar-refractivity contribution in [3.05, 3.63) is 22.3 Å². The zero-order valence-electron chi connectivity index (χ0n) is 44.9. The number of azide groups is 1. The molecular weight excluding hydrogens is 915 g/mol. The predicted molar refractivity (Wildman–Crippen MR) is 288 cm³/mol. The fourth-order valence-electron chi connectivity index (χ4n) is 11.8. The second kappa shape index (κ2) is 35.9. The van der Waals surface area contributed by atoms with E-state index in [2.05, 4.69) is 73.6 Å². The number of urea groups is 1. The Morgan fingerprint density at radius 3 is 1.82 bits per heavy atom. The van der Waals surface area contributed by atoms with Crippen LogP contribution in [0.2, 0.25) is 0 Å². The summed E-state index contributed by atoms with van der Waals surface area (Å²) in [7, 11) is 5.56. The number of nitrogens with zero attached hydrogens (tertiary/aromatic N) is 6. The molecule has 6 saturated carbocycles. The van der Waals surface area contributed by atoms with Gasteiger partial charge in [0, 0.05) is 55.2 Å². The third-order valence-electron chi connectivity index (χ3n) is 16.1. The van der Waals surface area contributed by atoms with Crippen LogP contribution in [0.25, 0.3) is 10.4 Å². The highest BCUT2D eigenvalue weighted by molar-refractivity contribution is 8.00. The Balaban J connectivity index is 0.000000214. The van der Waals surface area contributed by atoms with Crippen LogP contribution < -0.4 is 26.6 Å². The van der Waals surface area contributed by atoms with Crippen LogP contribution in [-0.2, 0) is 32.6 Å². The van der Waals surface area contributed by atoms with Gasteiger partial charge in [0.25, 0.3) is 0 Å². The molecule has 9 rings (SSSR count). The lowest BCUT2D eigenvalue weighted by molar-refractivity contribution is -0.121. The quantitative estimate of drug-likeness (QED) is 0.0149. The number of fused-ring (bicyclic) bond motifs is 4. The Kier molecular flexibility index (Phi) is 30.6. The standard InChI is InChI=1S/C18H32N6O5S.3C9H16.C5H10N4.C4H7N/c19-24-21-6-8-28-10-12-29-11-9-27-7-5-20-16(25)4-2-1-3-15-17-14(13-30-15)22-18(26)23-17;3*1-2-3-7-6-8-4-5-9(7)8;1-6-3-5-4-9(2)8-7-5;1-3-4-5-2/h14-15,17H,1-13H2,(H,20,25)(H2,22,23,26);3*7-9H,2-6H2,1H3;4,6H,3H2,1-2H3;1,5H,4H2,2H3/t14-,15-,17-;3*7-,8?,9?;;/m0000../s1. The zero-order valence-corrected chi connectivity index (χ0v) is 45.7. The zero-order chi connectivity index (χ0) is 51.1. The Morgan fingerprint density at radius 2 is 1.39 bits per heavy atom. The van der Waals surface area contributed by atoms with Gasteiger partial charge in [0.2, 0.25) is 5.91 Å². The number of hydrogen-bond acceptors (Lipinski definition) is 11. The van der Waals surface area contributed by atoms with E-state index in [0.717, 1.165) is 55.0 Å². The topological polar surface area (TPSA) is 201 Å². The summed E-state index contributed by atoms with van der Waals surface area (Å²) in [5.41, 5.74) is 9.08. The predicted octanol–water partition coefficient (Wildman–Crippen LogP) is 9.06. The van der Waals surface area contributed by atoms with Gasteiger partial charge in [0.05, 0.1) is 64.0 Å². The van der Waals surface area contributed by atoms with Crippen molar-refractivity contribution in [2.45, 2.75) is 167 Å². The smallest absolute Gasteiger partial charge is 0.315 e. The van der Waals surface area contributed by atoms with Gasteiger partial charge < -0.3 is 40.8 Å². The van der Waals surface area contributed by atoms with Crippen molar-refractivity contribution in [1.29, 1.82) is 0 Å². The minimum absolute atomic E-state index is 0.0421. The van der Waals surface area contributed by atoms with E-state index in [-0.39, 0.29) is 24.0 Å². The third-order valence-corrected chi connectivity index (χ3v) is 17.6. The molecule has 8 aliphatic rings. The number of rotatable bonds is 26. The van der Waals surface area contributed by atoms with E-state index in [1.807, 2.05) is 39.1 Å². The van der Waals surface area contributed by atoms with Gasteiger partial charge in [-0.15, -0.1) is 11.5 Å². The monoisotopic (exact) mass is 1010 g/mol. The number of carbonyl (C=O) groups is 2. The maximum atomic E-state index is 11.9. The molecule has 12 atom stereocenters. The first-order valence-corrected chi connectivity index (χ1v) is 29.0. The number of amides is 3. The SMILES string of the molecule is C#CCNC.CCC[C@H]1CC2CCC21.CCC[C@H]1CC2CCC21.CCC[C@H]1CC2CCC21.CNCc1cn(C)nn1.[N-]=[N+]=NCCOCCOCCOCCNC(=O)CCCC[C@@H]1SC[C@@H]2NC(=O)N[C@@H]21. The summed E-state index contributed by atoms with van der Waals surface area (Å²) in [5.74, 6) is 14.1. The molecule has 6 unspecified atom stereocenters. The highest BCUT2D eigenvalue weighted by Crippen LogP contribution is 2.57. The molecule has 6 aliphatic carbocycles. The van der Waals surface area contributed by atoms with E-state index in [4.69, 9.17) is 26.2 Å². The van der Waals surface area contributed by atoms with Crippen LogP contribution in [0.4, 0.5) is 4.79 Å². The maximum Gasteiger partial charge on any atom is 0.315 e. The highest BCUT2D eigenvalue weighted by Gasteiger charge is 2.47. The van der Waals surface area contributed by atoms with Crippen LogP contribution >= 0.6 is 11.8 Å². The first kappa shape index (κ1) is 60.5. The molecule has 5 N–H and O–H groups in total. The summed E-state index contributed by atoms with van der Waals surface area (Å²) in [6.07, 6.45) is 33.0. The molecular formula is C54H97N11O5S. The molecule has 0 bridgehead atoms. The molecule has 0 radical (unpaired) electrons. The molecule has 404 valence electrons. The molecule has 17 heteroatoms. The van der Waals surface area contributed by atoms with Gasteiger partial charge in [0.15, 0.2) is 0 Å². The Labute approximate surface area is 433 Å². The highest BCUT2D eigenvalue weighted by atomic mass is 32.2. The maximum absolute atomic E-state index is 11.9. The van der Waals surface area contributed by atoms with Crippen LogP contribution in [-0.4, -0.2) is 123 Å². The van der Waals surface area contributed by atoms with E-state index in [1.54, 1.807) is 62.5 Å². The fraction of sp³-hybridized carbons (Fsp3) is 0.889. The van der Waals surface area contributed by atoms with Gasteiger partial charge in [-0.2, -0.15) is 11.8 Å². The van der Waals surface area contributed by atoms with Gasteiger partial charge >= 0.3 is 6.03 Å². The van der Waals surface area contributed by atoms with Crippen LogP contribution in [0.1, 0.15) is 148 Å². The molecule has 0 aromatic carbocycles. The van der Waals surface area contributed by atoms with E-state index >= 15 is 0 Å². The van der Waals surface area contributed by atoms with Gasteiger partial charge in [0.1, 0.15) is 0 Å². The van der Waals surface area contributed by atoms with Crippen LogP contribution in [0, 0.1) is 65.6 Å². The number of hydrogen-bond donors (Lipinski definition) is 5. The summed E-state index contributed by atoms with van der Waals surface area (Å²) in [5, 5.41) is 26.0. The van der Waals surface area contributed by atoms with Crippen molar-refractivity contribution in [2.75, 3.05) is 79.1 Å². The van der Waals surface area contributed by atoms with Crippen molar-refractivity contribution in [2.24, 2.45) is 65.4 Å². The van der Waals surface area contributed by atoms with Crippen LogP contribution in [0.5, 0.6) is 0 Å². The summed E-state index contributed by atoms with van der Waals surface area (Å²) in [6.45, 7) is 11.9. The van der Waals surface area contributed by atoms with E-state index < -0.39 is 0 Å². The average molecular weight is 1010 g/mol. The molecule has 0 spiro atoms. The average Bonchev–Trinajstić information content (AvgIpc) is 4.05. The summed E-state index contributed by atoms with van der Waals surface area (Å²) in [6, 6.07) is 0.426. The Bertz CT molecular complexity index is 1620. The van der Waals surface area contributed by atoms with Gasteiger partial charge in [-0.25, -0.2) is 4.79 Å². The molecule has 8 fully saturated rings. The van der Waals surface area contributed by atoms with E-state index in [0.29, 0.717) is 70.9 Å². The van der Waals surface area contributed by atoms with Crippen LogP contribution in [0.3, 0.4) is 0 Å². The number of carbonyl (C=O) groups excluding carboxylic acids is 2. The second-order valence-electron chi connectivity index (χ2n) is 21.0. The lowest BCUT2D eigenvalue weighted by Crippen LogP contribution is -2.44. The Hall–Kier alpha value is -3.10. The summed E-state index contributed by atoms with van der Waals surface area (Å²) in [4.78, 5) is 25.9. The van der Waals surface area contributed by atoms with E-state index in [9.17, 15) is 9.59 Å². The van der Waals surface area contributed by atoms with Gasteiger partial charge in [-0.1, -0.05) is 82.0 Å². The van der Waals surface area contributed by atoms with Crippen molar-refractivity contribution >= 4 is 23.7 Å². The summed E-state index contributed by atoms with van der Waals surface area (Å²) < 4.78 is 17.6. The number of unbranched alkanes of at least 4 members (excludes halogenated alkanes) is 1. The summed E-state index contributed by atoms with van der Waals surface area (Å²) >= 11 is 1.90. The second-order valence-corrected chi connectivity index (χ2v) is 22.3. The molecule has 1 aromatic heterocycles. The van der Waals surface area contributed by atoms with Gasteiger partial charge in [-0.3, -0.25) is 9.48 Å². The van der Waals surface area contributed by atoms with Crippen molar-refractivity contribution < 1.29 is 23.8 Å². The number of ether oxygens (including phenoxy) is 3. The minimum atomic E-state index is -0.0589. The van der Waals surface area contributed by atoms with Crippen LogP contribution in [0.15, 0.2) is 11.3 Å². The van der Waals surface area contributed by atoms with Crippen molar-refractivity contribution in [3.63, 3.8) is 0 Å². The van der Waals surface area contributed by atoms with Crippen molar-refractivity contribution in [1.82, 2.24) is 41.6 Å². The molecule has 1 aromatic rings. The number of terminal acetylenes is 1. The molecule has 3 amide bonds. The number of aryl methyl sites for hydroxylation is 1. The number of nitrogens with one attached hydrogen (secondary N) is 5. The number of aromatic nitrogens is 3. The Morgan fingerprint density at radius 1 is 0.831 bits per heavy atom. The lowest BCUT2D eigenvalue weighted by atomic mass is 9.52. The first-order valence-electron chi connectivity index (χ1n) is 28.0. The normalized spacial score (nSPS) is 28.9. The van der Waals surface area contributed by atoms with Gasteiger partial charge in [-0.05, 0) is 144 Å². The third kappa shape index (κ3) is 21.7. The molecule has 2 aliphatic heterocycles.